The first-order valence-corrected chi connectivity index (χ1v) is 4.00. The minimum atomic E-state index is 0. The number of aliphatic hydroxyl groups excluding tert-OH is 2. The van der Waals surface area contributed by atoms with Gasteiger partial charge in [0.2, 0.25) is 0 Å². The lowest BCUT2D eigenvalue weighted by Gasteiger charge is -2.06. The van der Waals surface area contributed by atoms with E-state index in [1.165, 1.54) is 0 Å². The van der Waals surface area contributed by atoms with Crippen LogP contribution in [0.2, 0.25) is 0 Å². The molecule has 0 atom stereocenters. The Morgan fingerprint density at radius 3 is 1.50 bits per heavy atom. The molecule has 0 saturated carbocycles. The summed E-state index contributed by atoms with van der Waals surface area (Å²) in [5.41, 5.74) is 5.35. The molecule has 76 valence electrons. The molecule has 12 heavy (non-hydrogen) atoms. The first-order chi connectivity index (χ1) is 5.41. The van der Waals surface area contributed by atoms with Gasteiger partial charge in [0.1, 0.15) is 0 Å². The van der Waals surface area contributed by atoms with Crippen LogP contribution in [-0.4, -0.2) is 42.2 Å². The maximum atomic E-state index is 8.09. The molecule has 0 unspecified atom stereocenters. The Bertz CT molecular complexity index is 70.9. The predicted octanol–water partition coefficient (Wildman–Crippen LogP) is -0.269. The zero-order chi connectivity index (χ0) is 10.0. The molecule has 0 spiro atoms. The molecule has 0 fully saturated rings. The highest BCUT2D eigenvalue weighted by atomic mass is 16.5. The summed E-state index contributed by atoms with van der Waals surface area (Å²) in [5.74, 6) is 0. The molecule has 4 heteroatoms. The first-order valence-electron chi connectivity index (χ1n) is 4.00. The fourth-order valence-electron chi connectivity index (χ4n) is 0.231. The van der Waals surface area contributed by atoms with Gasteiger partial charge in [0.15, 0.2) is 0 Å². The van der Waals surface area contributed by atoms with Crippen molar-refractivity contribution in [1.82, 2.24) is 0 Å². The van der Waals surface area contributed by atoms with Crippen molar-refractivity contribution in [2.45, 2.75) is 26.3 Å². The second kappa shape index (κ2) is 8.93. The van der Waals surface area contributed by atoms with Crippen molar-refractivity contribution in [2.75, 3.05) is 26.4 Å². The Morgan fingerprint density at radius 2 is 1.33 bits per heavy atom. The van der Waals surface area contributed by atoms with Gasteiger partial charge < -0.3 is 20.7 Å². The van der Waals surface area contributed by atoms with Crippen LogP contribution >= 0.6 is 0 Å². The lowest BCUT2D eigenvalue weighted by molar-refractivity contribution is 0.0650. The van der Waals surface area contributed by atoms with Crippen molar-refractivity contribution < 1.29 is 14.9 Å². The van der Waals surface area contributed by atoms with Gasteiger partial charge in [0, 0.05) is 5.54 Å². The monoisotopic (exact) mass is 179 g/mol. The smallest absolute Gasteiger partial charge is 0.0698 e. The highest BCUT2D eigenvalue weighted by molar-refractivity contribution is 4.60. The number of rotatable bonds is 4. The quantitative estimate of drug-likeness (QED) is 0.519. The molecule has 0 heterocycles. The molecule has 0 aliphatic heterocycles. The number of ether oxygens (including phenoxy) is 1. The van der Waals surface area contributed by atoms with Gasteiger partial charge >= 0.3 is 0 Å². The summed E-state index contributed by atoms with van der Waals surface area (Å²) in [7, 11) is 0. The number of nitrogens with two attached hydrogens (primary N) is 1. The lowest BCUT2D eigenvalue weighted by Crippen LogP contribution is -2.26. The molecule has 0 rings (SSSR count). The van der Waals surface area contributed by atoms with E-state index in [4.69, 9.17) is 15.9 Å². The van der Waals surface area contributed by atoms with Crippen LogP contribution in [0.1, 0.15) is 20.8 Å². The normalized spacial score (nSPS) is 10.5. The van der Waals surface area contributed by atoms with Crippen LogP contribution in [0.3, 0.4) is 0 Å². The van der Waals surface area contributed by atoms with E-state index in [0.717, 1.165) is 0 Å². The molecule has 4 nitrogen and oxygen atoms in total. The van der Waals surface area contributed by atoms with E-state index in [2.05, 4.69) is 4.74 Å². The van der Waals surface area contributed by atoms with E-state index in [1.807, 2.05) is 20.8 Å². The summed E-state index contributed by atoms with van der Waals surface area (Å²) in [4.78, 5) is 0. The van der Waals surface area contributed by atoms with Crippen LogP contribution in [0, 0.1) is 0 Å². The highest BCUT2D eigenvalue weighted by Gasteiger charge is 1.95. The van der Waals surface area contributed by atoms with Gasteiger partial charge in [-0.2, -0.15) is 0 Å². The van der Waals surface area contributed by atoms with Gasteiger partial charge in [-0.3, -0.25) is 0 Å². The first kappa shape index (κ1) is 14.4. The summed E-state index contributed by atoms with van der Waals surface area (Å²) in [5, 5.41) is 16.2. The average Bonchev–Trinajstić information content (AvgIpc) is 1.85. The molecule has 0 bridgehead atoms. The van der Waals surface area contributed by atoms with Crippen molar-refractivity contribution in [1.29, 1.82) is 0 Å². The highest BCUT2D eigenvalue weighted by Crippen LogP contribution is 1.88. The molecule has 0 aliphatic carbocycles. The summed E-state index contributed by atoms with van der Waals surface area (Å²) >= 11 is 0. The zero-order valence-electron chi connectivity index (χ0n) is 8.21. The summed E-state index contributed by atoms with van der Waals surface area (Å²) < 4.78 is 4.63. The van der Waals surface area contributed by atoms with Crippen LogP contribution < -0.4 is 5.73 Å². The molecule has 0 aromatic carbocycles. The fraction of sp³-hybridized carbons (Fsp3) is 1.00. The second-order valence-corrected chi connectivity index (χ2v) is 3.43. The van der Waals surface area contributed by atoms with E-state index in [-0.39, 0.29) is 18.8 Å². The molecule has 0 amide bonds. The molecule has 0 aromatic rings. The van der Waals surface area contributed by atoms with Crippen molar-refractivity contribution in [3.8, 4) is 0 Å². The Morgan fingerprint density at radius 1 is 1.08 bits per heavy atom. The zero-order valence-corrected chi connectivity index (χ0v) is 8.21. The fourth-order valence-corrected chi connectivity index (χ4v) is 0.231. The summed E-state index contributed by atoms with van der Waals surface area (Å²) in [6.07, 6.45) is 0. The molecule has 0 aliphatic rings. The van der Waals surface area contributed by atoms with Gasteiger partial charge in [-0.05, 0) is 20.8 Å². The van der Waals surface area contributed by atoms with E-state index in [0.29, 0.717) is 13.2 Å². The van der Waals surface area contributed by atoms with Crippen LogP contribution in [-0.2, 0) is 4.74 Å². The maximum Gasteiger partial charge on any atom is 0.0698 e. The van der Waals surface area contributed by atoms with Crippen LogP contribution in [0.4, 0.5) is 0 Å². The van der Waals surface area contributed by atoms with Gasteiger partial charge in [-0.15, -0.1) is 0 Å². The topological polar surface area (TPSA) is 75.7 Å². The summed E-state index contributed by atoms with van der Waals surface area (Å²) in [6.45, 7) is 6.59. The van der Waals surface area contributed by atoms with Gasteiger partial charge in [0.25, 0.3) is 0 Å². The molecular formula is C8H21NO3. The Labute approximate surface area is 74.3 Å². The van der Waals surface area contributed by atoms with Crippen molar-refractivity contribution in [3.05, 3.63) is 0 Å². The largest absolute Gasteiger partial charge is 0.394 e. The van der Waals surface area contributed by atoms with Crippen LogP contribution in [0.5, 0.6) is 0 Å². The second-order valence-electron chi connectivity index (χ2n) is 3.43. The average molecular weight is 179 g/mol. The number of hydrogen-bond donors (Lipinski definition) is 3. The number of aliphatic hydroxyl groups is 2. The predicted molar refractivity (Wildman–Crippen MR) is 48.9 cm³/mol. The van der Waals surface area contributed by atoms with Gasteiger partial charge in [-0.1, -0.05) is 0 Å². The van der Waals surface area contributed by atoms with E-state index < -0.39 is 0 Å². The third-order valence-electron chi connectivity index (χ3n) is 0.471. The molecular weight excluding hydrogens is 158 g/mol. The van der Waals surface area contributed by atoms with Crippen molar-refractivity contribution >= 4 is 0 Å². The Balaban J connectivity index is 0. The van der Waals surface area contributed by atoms with Crippen molar-refractivity contribution in [2.24, 2.45) is 5.73 Å². The maximum absolute atomic E-state index is 8.09. The SMILES string of the molecule is CC(C)(C)N.OCCOCCO. The van der Waals surface area contributed by atoms with Crippen LogP contribution in [0.25, 0.3) is 0 Å². The van der Waals surface area contributed by atoms with E-state index in [1.54, 1.807) is 0 Å². The Kier molecular flexibility index (Phi) is 10.7. The third kappa shape index (κ3) is 52.1. The molecule has 0 radical (unpaired) electrons. The van der Waals surface area contributed by atoms with Gasteiger partial charge in [-0.25, -0.2) is 0 Å². The molecule has 0 saturated heterocycles. The number of hydrogen-bond acceptors (Lipinski definition) is 4. The summed E-state index contributed by atoms with van der Waals surface area (Å²) in [6, 6.07) is 0. The molecule has 4 N–H and O–H groups in total. The third-order valence-corrected chi connectivity index (χ3v) is 0.471. The van der Waals surface area contributed by atoms with E-state index >= 15 is 0 Å². The van der Waals surface area contributed by atoms with Crippen LogP contribution in [0.15, 0.2) is 0 Å². The molecule has 0 aromatic heterocycles. The minimum Gasteiger partial charge on any atom is -0.394 e. The van der Waals surface area contributed by atoms with Crippen molar-refractivity contribution in [3.63, 3.8) is 0 Å². The minimum absolute atomic E-state index is 0. The Hall–Kier alpha value is -0.160. The van der Waals surface area contributed by atoms with E-state index in [9.17, 15) is 0 Å². The lowest BCUT2D eigenvalue weighted by atomic mass is 10.1. The van der Waals surface area contributed by atoms with Gasteiger partial charge in [0.05, 0.1) is 26.4 Å². The standard InChI is InChI=1S/C4H11N.C4H10O3/c1-4(2,3)5;5-1-3-7-4-2-6/h5H2,1-3H3;5-6H,1-4H2.